The fraction of sp³-hybridized carbons (Fsp3) is 0.167. The molecule has 0 fully saturated rings. The van der Waals surface area contributed by atoms with Gasteiger partial charge in [0.25, 0.3) is 11.8 Å². The van der Waals surface area contributed by atoms with E-state index in [1.807, 2.05) is 5.43 Å². The number of amides is 2. The Morgan fingerprint density at radius 2 is 2.21 bits per heavy atom. The third-order valence-corrected chi connectivity index (χ3v) is 2.75. The molecule has 0 atom stereocenters. The quantitative estimate of drug-likeness (QED) is 0.311. The van der Waals surface area contributed by atoms with Crippen LogP contribution in [0.15, 0.2) is 35.3 Å². The topological polar surface area (TPSA) is 93.4 Å². The highest BCUT2D eigenvalue weighted by atomic mass is 79.9. The molecule has 0 radical (unpaired) electrons. The van der Waals surface area contributed by atoms with E-state index in [-0.39, 0.29) is 12.5 Å². The fourth-order valence-electron chi connectivity index (χ4n) is 1.22. The second-order valence-electron chi connectivity index (χ2n) is 3.50. The van der Waals surface area contributed by atoms with Gasteiger partial charge in [-0.05, 0) is 34.1 Å². The van der Waals surface area contributed by atoms with E-state index >= 15 is 0 Å². The first-order valence-corrected chi connectivity index (χ1v) is 6.18. The maximum absolute atomic E-state index is 11.3. The zero-order valence-electron chi connectivity index (χ0n) is 10.1. The Morgan fingerprint density at radius 3 is 2.79 bits per heavy atom. The van der Waals surface area contributed by atoms with Gasteiger partial charge in [-0.25, -0.2) is 5.84 Å². The van der Waals surface area contributed by atoms with E-state index < -0.39 is 5.91 Å². The molecule has 1 rings (SSSR count). The van der Waals surface area contributed by atoms with E-state index in [0.29, 0.717) is 22.3 Å². The molecule has 1 aromatic rings. The van der Waals surface area contributed by atoms with Crippen molar-refractivity contribution >= 4 is 27.7 Å². The average molecular weight is 328 g/mol. The molecule has 7 heteroatoms. The van der Waals surface area contributed by atoms with E-state index in [4.69, 9.17) is 10.6 Å². The summed E-state index contributed by atoms with van der Waals surface area (Å²) in [6.07, 6.45) is 1.58. The van der Waals surface area contributed by atoms with Crippen LogP contribution in [0.5, 0.6) is 5.75 Å². The van der Waals surface area contributed by atoms with Crippen molar-refractivity contribution in [2.45, 2.75) is 0 Å². The van der Waals surface area contributed by atoms with E-state index in [0.717, 1.165) is 0 Å². The summed E-state index contributed by atoms with van der Waals surface area (Å²) in [6, 6.07) is 4.68. The number of hydrazine groups is 1. The molecule has 0 saturated carbocycles. The molecule has 6 nitrogen and oxygen atoms in total. The molecule has 0 aliphatic heterocycles. The lowest BCUT2D eigenvalue weighted by molar-refractivity contribution is -0.122. The molecule has 0 heterocycles. The minimum absolute atomic E-state index is 0.116. The van der Waals surface area contributed by atoms with Crippen molar-refractivity contribution in [2.75, 3.05) is 13.2 Å². The van der Waals surface area contributed by atoms with Crippen LogP contribution in [0.2, 0.25) is 0 Å². The Balaban J connectivity index is 2.62. The number of hydrogen-bond acceptors (Lipinski definition) is 4. The summed E-state index contributed by atoms with van der Waals surface area (Å²) < 4.78 is 5.87. The van der Waals surface area contributed by atoms with E-state index in [1.54, 1.807) is 24.3 Å². The van der Waals surface area contributed by atoms with Gasteiger partial charge in [0.15, 0.2) is 6.61 Å². The normalized spacial score (nSPS) is 9.58. The molecule has 0 aliphatic rings. The van der Waals surface area contributed by atoms with E-state index in [2.05, 4.69) is 27.8 Å². The van der Waals surface area contributed by atoms with Crippen molar-refractivity contribution in [3.8, 4) is 5.75 Å². The van der Waals surface area contributed by atoms with Gasteiger partial charge in [0.1, 0.15) is 5.75 Å². The summed E-state index contributed by atoms with van der Waals surface area (Å²) in [6.45, 7) is 3.76. The first kappa shape index (κ1) is 15.2. The number of nitrogen functional groups attached to an aromatic ring is 1. The smallest absolute Gasteiger partial charge is 0.265 e. The highest BCUT2D eigenvalue weighted by Crippen LogP contribution is 2.25. The van der Waals surface area contributed by atoms with Crippen molar-refractivity contribution in [3.05, 3.63) is 40.9 Å². The summed E-state index contributed by atoms with van der Waals surface area (Å²) in [5.41, 5.74) is 2.41. The molecular weight excluding hydrogens is 314 g/mol. The second kappa shape index (κ2) is 7.55. The summed E-state index contributed by atoms with van der Waals surface area (Å²) in [5, 5.41) is 2.58. The van der Waals surface area contributed by atoms with Gasteiger partial charge in [-0.3, -0.25) is 15.0 Å². The van der Waals surface area contributed by atoms with Crippen LogP contribution in [0.25, 0.3) is 0 Å². The van der Waals surface area contributed by atoms with Crippen molar-refractivity contribution < 1.29 is 14.3 Å². The number of hydrogen-bond donors (Lipinski definition) is 3. The largest absolute Gasteiger partial charge is 0.483 e. The Kier molecular flexibility index (Phi) is 6.04. The van der Waals surface area contributed by atoms with Crippen molar-refractivity contribution in [2.24, 2.45) is 5.84 Å². The van der Waals surface area contributed by atoms with Crippen LogP contribution in [0.3, 0.4) is 0 Å². The summed E-state index contributed by atoms with van der Waals surface area (Å²) in [7, 11) is 0. The third kappa shape index (κ3) is 4.72. The zero-order valence-corrected chi connectivity index (χ0v) is 11.7. The fourth-order valence-corrected chi connectivity index (χ4v) is 1.72. The molecule has 1 aromatic carbocycles. The third-order valence-electron chi connectivity index (χ3n) is 2.13. The van der Waals surface area contributed by atoms with Crippen molar-refractivity contribution in [3.63, 3.8) is 0 Å². The predicted octanol–water partition coefficient (Wildman–Crippen LogP) is 0.734. The Morgan fingerprint density at radius 1 is 1.47 bits per heavy atom. The van der Waals surface area contributed by atoms with Crippen molar-refractivity contribution in [1.82, 2.24) is 10.7 Å². The number of nitrogens with two attached hydrogens (primary N) is 1. The molecule has 0 bridgehead atoms. The molecule has 4 N–H and O–H groups in total. The number of ether oxygens (including phenoxy) is 1. The standard InChI is InChI=1S/C12H14BrN3O3/c1-2-5-15-11(17)7-19-10-4-3-8(6-9(10)13)12(18)16-14/h2-4,6H,1,5,7,14H2,(H,15,17)(H,16,18). The lowest BCUT2D eigenvalue weighted by atomic mass is 10.2. The summed E-state index contributed by atoms with van der Waals surface area (Å²) >= 11 is 3.25. The van der Waals surface area contributed by atoms with Gasteiger partial charge in [-0.1, -0.05) is 6.08 Å². The van der Waals surface area contributed by atoms with E-state index in [9.17, 15) is 9.59 Å². The molecular formula is C12H14BrN3O3. The van der Waals surface area contributed by atoms with Crippen LogP contribution in [-0.2, 0) is 4.79 Å². The number of carbonyl (C=O) groups excluding carboxylic acids is 2. The minimum Gasteiger partial charge on any atom is -0.483 e. The number of rotatable bonds is 6. The number of nitrogens with one attached hydrogen (secondary N) is 2. The minimum atomic E-state index is -0.407. The van der Waals surface area contributed by atoms with Gasteiger partial charge in [0.2, 0.25) is 0 Å². The Hall–Kier alpha value is -1.86. The predicted molar refractivity (Wildman–Crippen MR) is 74.5 cm³/mol. The molecule has 102 valence electrons. The first-order valence-electron chi connectivity index (χ1n) is 5.39. The van der Waals surface area contributed by atoms with E-state index in [1.165, 1.54) is 0 Å². The maximum Gasteiger partial charge on any atom is 0.265 e. The van der Waals surface area contributed by atoms with Crippen LogP contribution in [-0.4, -0.2) is 25.0 Å². The molecule has 19 heavy (non-hydrogen) atoms. The van der Waals surface area contributed by atoms with Gasteiger partial charge in [-0.15, -0.1) is 6.58 Å². The highest BCUT2D eigenvalue weighted by Gasteiger charge is 2.09. The Labute approximate surface area is 119 Å². The summed E-state index contributed by atoms with van der Waals surface area (Å²) in [4.78, 5) is 22.6. The zero-order chi connectivity index (χ0) is 14.3. The molecule has 0 aliphatic carbocycles. The van der Waals surface area contributed by atoms with Gasteiger partial charge in [-0.2, -0.15) is 0 Å². The second-order valence-corrected chi connectivity index (χ2v) is 4.35. The number of carbonyl (C=O) groups is 2. The first-order chi connectivity index (χ1) is 9.08. The van der Waals surface area contributed by atoms with Gasteiger partial charge >= 0.3 is 0 Å². The molecule has 0 aromatic heterocycles. The Bertz CT molecular complexity index is 491. The monoisotopic (exact) mass is 327 g/mol. The average Bonchev–Trinajstić information content (AvgIpc) is 2.42. The molecule has 0 unspecified atom stereocenters. The van der Waals surface area contributed by atoms with Crippen LogP contribution in [0.4, 0.5) is 0 Å². The van der Waals surface area contributed by atoms with Crippen LogP contribution >= 0.6 is 15.9 Å². The maximum atomic E-state index is 11.3. The van der Waals surface area contributed by atoms with Crippen LogP contribution in [0.1, 0.15) is 10.4 Å². The summed E-state index contributed by atoms with van der Waals surface area (Å²) in [5.74, 6) is 4.83. The number of benzene rings is 1. The van der Waals surface area contributed by atoms with Crippen LogP contribution < -0.4 is 21.3 Å². The van der Waals surface area contributed by atoms with Crippen LogP contribution in [0, 0.1) is 0 Å². The van der Waals surface area contributed by atoms with Crippen molar-refractivity contribution in [1.29, 1.82) is 0 Å². The van der Waals surface area contributed by atoms with Gasteiger partial charge < -0.3 is 10.1 Å². The SMILES string of the molecule is C=CCNC(=O)COc1ccc(C(=O)NN)cc1Br. The molecule has 0 spiro atoms. The molecule has 0 saturated heterocycles. The highest BCUT2D eigenvalue weighted by molar-refractivity contribution is 9.10. The molecule has 2 amide bonds. The number of halogens is 1. The van der Waals surface area contributed by atoms with Gasteiger partial charge in [0, 0.05) is 12.1 Å². The lowest BCUT2D eigenvalue weighted by Crippen LogP contribution is -2.30. The van der Waals surface area contributed by atoms with Gasteiger partial charge in [0.05, 0.1) is 4.47 Å². The lowest BCUT2D eigenvalue weighted by Gasteiger charge is -2.09.